The Bertz CT molecular complexity index is 1310. The van der Waals surface area contributed by atoms with E-state index in [-0.39, 0.29) is 6.54 Å². The van der Waals surface area contributed by atoms with Gasteiger partial charge in [-0.1, -0.05) is 29.8 Å². The number of hydrogen-bond donors (Lipinski definition) is 0. The molecule has 8 nitrogen and oxygen atoms in total. The predicted octanol–water partition coefficient (Wildman–Crippen LogP) is 2.97. The summed E-state index contributed by atoms with van der Waals surface area (Å²) < 4.78 is 39.3. The summed E-state index contributed by atoms with van der Waals surface area (Å²) in [5.41, 5.74) is 3.91. The number of ether oxygens (including phenoxy) is 2. The number of hydrogen-bond acceptors (Lipinski definition) is 7. The van der Waals surface area contributed by atoms with E-state index in [2.05, 4.69) is 4.90 Å². The molecule has 184 valence electrons. The van der Waals surface area contributed by atoms with Crippen LogP contribution in [0.3, 0.4) is 0 Å². The molecule has 3 heterocycles. The lowest BCUT2D eigenvalue weighted by Gasteiger charge is -2.34. The van der Waals surface area contributed by atoms with Crippen molar-refractivity contribution in [1.29, 1.82) is 0 Å². The predicted molar refractivity (Wildman–Crippen MR) is 133 cm³/mol. The van der Waals surface area contributed by atoms with Crippen molar-refractivity contribution >= 4 is 15.8 Å². The minimum atomic E-state index is -3.61. The number of morpholine rings is 1. The Morgan fingerprint density at radius 2 is 1.80 bits per heavy atom. The third-order valence-electron chi connectivity index (χ3n) is 6.52. The van der Waals surface area contributed by atoms with E-state index in [4.69, 9.17) is 19.4 Å². The fourth-order valence-electron chi connectivity index (χ4n) is 4.57. The van der Waals surface area contributed by atoms with Crippen molar-refractivity contribution in [2.24, 2.45) is 0 Å². The first-order valence-electron chi connectivity index (χ1n) is 11.8. The molecule has 0 aliphatic carbocycles. The molecule has 1 saturated heterocycles. The molecule has 2 aliphatic heterocycles. The van der Waals surface area contributed by atoms with E-state index in [0.29, 0.717) is 50.6 Å². The highest BCUT2D eigenvalue weighted by Gasteiger charge is 2.32. The van der Waals surface area contributed by atoms with Crippen molar-refractivity contribution in [2.75, 3.05) is 44.9 Å². The highest BCUT2D eigenvalue weighted by Crippen LogP contribution is 2.31. The highest BCUT2D eigenvalue weighted by molar-refractivity contribution is 7.89. The summed E-state index contributed by atoms with van der Waals surface area (Å²) in [4.78, 5) is 12.4. The van der Waals surface area contributed by atoms with E-state index in [1.807, 2.05) is 43.3 Å². The molecule has 2 aliphatic rings. The van der Waals surface area contributed by atoms with Crippen molar-refractivity contribution in [3.8, 4) is 5.75 Å². The van der Waals surface area contributed by atoms with E-state index in [9.17, 15) is 8.42 Å². The van der Waals surface area contributed by atoms with Crippen molar-refractivity contribution in [3.63, 3.8) is 0 Å². The van der Waals surface area contributed by atoms with Gasteiger partial charge in [0.2, 0.25) is 10.0 Å². The molecule has 0 atom stereocenters. The Morgan fingerprint density at radius 3 is 2.54 bits per heavy atom. The normalized spacial score (nSPS) is 16.7. The Kier molecular flexibility index (Phi) is 6.73. The monoisotopic (exact) mass is 494 g/mol. The van der Waals surface area contributed by atoms with Crippen LogP contribution in [0.4, 0.5) is 5.82 Å². The zero-order valence-electron chi connectivity index (χ0n) is 20.1. The van der Waals surface area contributed by atoms with Gasteiger partial charge in [-0.2, -0.15) is 4.31 Å². The fraction of sp³-hybridized carbons (Fsp3) is 0.385. The molecule has 0 N–H and O–H groups in total. The average Bonchev–Trinajstić information content (AvgIpc) is 2.89. The molecule has 5 rings (SSSR count). The number of methoxy groups -OCH3 is 1. The number of nitrogens with zero attached hydrogens (tertiary/aromatic N) is 4. The van der Waals surface area contributed by atoms with Crippen LogP contribution in [0.25, 0.3) is 0 Å². The number of sulfonamides is 1. The number of rotatable bonds is 6. The Morgan fingerprint density at radius 1 is 1.03 bits per heavy atom. The van der Waals surface area contributed by atoms with E-state index < -0.39 is 10.0 Å². The third-order valence-corrected chi connectivity index (χ3v) is 8.37. The second kappa shape index (κ2) is 9.93. The minimum absolute atomic E-state index is 0.262. The van der Waals surface area contributed by atoms with Gasteiger partial charge >= 0.3 is 0 Å². The Balaban J connectivity index is 1.49. The molecule has 0 bridgehead atoms. The lowest BCUT2D eigenvalue weighted by Crippen LogP contribution is -2.41. The van der Waals surface area contributed by atoms with Gasteiger partial charge in [0.25, 0.3) is 0 Å². The van der Waals surface area contributed by atoms with Gasteiger partial charge in [-0.15, -0.1) is 0 Å². The van der Waals surface area contributed by atoms with Gasteiger partial charge < -0.3 is 14.4 Å². The molecular weight excluding hydrogens is 464 g/mol. The standard InChI is InChI=1S/C26H30N4O4S/c1-19-6-8-22(9-7-19)35(31,32)30-11-10-24-23(18-30)26(29-12-14-34-15-13-29)28-25(27-24)17-20-4-3-5-21(16-20)33-2/h3-9,16H,10-15,17-18H2,1-2H3. The third kappa shape index (κ3) is 5.03. The summed E-state index contributed by atoms with van der Waals surface area (Å²) in [6.07, 6.45) is 1.12. The molecule has 3 aromatic rings. The maximum Gasteiger partial charge on any atom is 0.243 e. The molecule has 1 fully saturated rings. The SMILES string of the molecule is COc1cccc(Cc2nc3c(c(N4CCOCC4)n2)CN(S(=O)(=O)c2ccc(C)cc2)CC3)c1. The molecule has 1 aromatic heterocycles. The topological polar surface area (TPSA) is 84.9 Å². The fourth-order valence-corrected chi connectivity index (χ4v) is 5.98. The lowest BCUT2D eigenvalue weighted by atomic mass is 10.1. The molecule has 9 heteroatoms. The van der Waals surface area contributed by atoms with Gasteiger partial charge in [-0.3, -0.25) is 0 Å². The number of aromatic nitrogens is 2. The summed E-state index contributed by atoms with van der Waals surface area (Å²) >= 11 is 0. The molecule has 2 aromatic carbocycles. The molecule has 0 radical (unpaired) electrons. The maximum absolute atomic E-state index is 13.4. The number of fused-ring (bicyclic) bond motifs is 1. The summed E-state index contributed by atoms with van der Waals surface area (Å²) in [5, 5.41) is 0. The van der Waals surface area contributed by atoms with Gasteiger partial charge in [0.15, 0.2) is 0 Å². The second-order valence-electron chi connectivity index (χ2n) is 8.92. The van der Waals surface area contributed by atoms with Gasteiger partial charge in [0.05, 0.1) is 30.9 Å². The minimum Gasteiger partial charge on any atom is -0.497 e. The lowest BCUT2D eigenvalue weighted by molar-refractivity contribution is 0.122. The molecule has 0 saturated carbocycles. The van der Waals surface area contributed by atoms with Gasteiger partial charge in [0, 0.05) is 44.6 Å². The summed E-state index contributed by atoms with van der Waals surface area (Å²) in [7, 11) is -1.96. The molecule has 0 unspecified atom stereocenters. The molecule has 0 amide bonds. The van der Waals surface area contributed by atoms with Gasteiger partial charge in [-0.25, -0.2) is 18.4 Å². The van der Waals surface area contributed by atoms with Crippen LogP contribution in [-0.4, -0.2) is 62.6 Å². The summed E-state index contributed by atoms with van der Waals surface area (Å²) in [6, 6.07) is 14.9. The number of benzene rings is 2. The van der Waals surface area contributed by atoms with Crippen LogP contribution < -0.4 is 9.64 Å². The van der Waals surface area contributed by atoms with Crippen molar-refractivity contribution in [3.05, 3.63) is 76.7 Å². The molecular formula is C26H30N4O4S. The van der Waals surface area contributed by atoms with Gasteiger partial charge in [0.1, 0.15) is 17.4 Å². The summed E-state index contributed by atoms with van der Waals surface area (Å²) in [6.45, 7) is 5.27. The zero-order chi connectivity index (χ0) is 24.4. The van der Waals surface area contributed by atoms with E-state index in [1.54, 1.807) is 23.5 Å². The number of anilines is 1. The zero-order valence-corrected chi connectivity index (χ0v) is 20.9. The van der Waals surface area contributed by atoms with Crippen LogP contribution in [0, 0.1) is 6.92 Å². The Labute approximate surface area is 206 Å². The maximum atomic E-state index is 13.4. The van der Waals surface area contributed by atoms with Crippen LogP contribution in [0.5, 0.6) is 5.75 Å². The first-order valence-corrected chi connectivity index (χ1v) is 13.3. The first-order chi connectivity index (χ1) is 16.9. The van der Waals surface area contributed by atoms with Gasteiger partial charge in [-0.05, 0) is 36.8 Å². The first kappa shape index (κ1) is 23.7. The largest absolute Gasteiger partial charge is 0.497 e. The quantitative estimate of drug-likeness (QED) is 0.521. The highest BCUT2D eigenvalue weighted by atomic mass is 32.2. The van der Waals surface area contributed by atoms with Crippen LogP contribution in [-0.2, 0) is 34.1 Å². The molecule has 0 spiro atoms. The van der Waals surface area contributed by atoms with Crippen molar-refractivity contribution in [1.82, 2.24) is 14.3 Å². The van der Waals surface area contributed by atoms with Crippen molar-refractivity contribution in [2.45, 2.75) is 31.2 Å². The van der Waals surface area contributed by atoms with E-state index >= 15 is 0 Å². The van der Waals surface area contributed by atoms with E-state index in [1.165, 1.54) is 0 Å². The smallest absolute Gasteiger partial charge is 0.243 e. The van der Waals surface area contributed by atoms with E-state index in [0.717, 1.165) is 39.8 Å². The van der Waals surface area contributed by atoms with Crippen LogP contribution >= 0.6 is 0 Å². The molecule has 35 heavy (non-hydrogen) atoms. The second-order valence-corrected chi connectivity index (χ2v) is 10.9. The van der Waals surface area contributed by atoms with Crippen LogP contribution in [0.2, 0.25) is 0 Å². The Hall–Kier alpha value is -3.01. The number of aryl methyl sites for hydroxylation is 1. The van der Waals surface area contributed by atoms with Crippen LogP contribution in [0.15, 0.2) is 53.4 Å². The van der Waals surface area contributed by atoms with Crippen molar-refractivity contribution < 1.29 is 17.9 Å². The van der Waals surface area contributed by atoms with Crippen LogP contribution in [0.1, 0.15) is 28.2 Å². The average molecular weight is 495 g/mol. The summed E-state index contributed by atoms with van der Waals surface area (Å²) in [5.74, 6) is 2.35.